The number of esters is 1. The van der Waals surface area contributed by atoms with Gasteiger partial charge in [0.05, 0.1) is 6.61 Å². The highest BCUT2D eigenvalue weighted by molar-refractivity contribution is 5.77. The van der Waals surface area contributed by atoms with E-state index >= 15 is 0 Å². The molecule has 0 aromatic heterocycles. The van der Waals surface area contributed by atoms with E-state index in [9.17, 15) is 9.18 Å². The number of rotatable bonds is 2. The third kappa shape index (κ3) is 1.43. The standard InChI is InChI=1S/C9H14FNO2/c1-2-13-9(12)8-5-3-6(10)7(4-5)11-8/h5-8,11H,2-4H2,1H3. The molecule has 1 saturated heterocycles. The van der Waals surface area contributed by atoms with Crippen LogP contribution in [0.25, 0.3) is 0 Å². The normalized spacial score (nSPS) is 42.3. The van der Waals surface area contributed by atoms with E-state index in [-0.39, 0.29) is 24.0 Å². The van der Waals surface area contributed by atoms with Crippen molar-refractivity contribution < 1.29 is 13.9 Å². The molecule has 4 atom stereocenters. The maximum absolute atomic E-state index is 13.0. The molecule has 0 radical (unpaired) electrons. The highest BCUT2D eigenvalue weighted by Crippen LogP contribution is 2.37. The Morgan fingerprint density at radius 3 is 2.85 bits per heavy atom. The van der Waals surface area contributed by atoms with E-state index in [0.29, 0.717) is 13.0 Å². The predicted molar refractivity (Wildman–Crippen MR) is 45.0 cm³/mol. The Morgan fingerprint density at radius 2 is 2.38 bits per heavy atom. The van der Waals surface area contributed by atoms with E-state index in [0.717, 1.165) is 6.42 Å². The van der Waals surface area contributed by atoms with Gasteiger partial charge in [0.25, 0.3) is 0 Å². The van der Waals surface area contributed by atoms with E-state index in [1.54, 1.807) is 6.92 Å². The largest absolute Gasteiger partial charge is 0.465 e. The Bertz CT molecular complexity index is 220. The molecule has 1 heterocycles. The van der Waals surface area contributed by atoms with Crippen LogP contribution < -0.4 is 5.32 Å². The number of halogens is 1. The number of ether oxygens (including phenoxy) is 1. The van der Waals surface area contributed by atoms with Crippen molar-refractivity contribution >= 4 is 5.97 Å². The zero-order valence-corrected chi connectivity index (χ0v) is 7.63. The van der Waals surface area contributed by atoms with Crippen LogP contribution in [-0.2, 0) is 9.53 Å². The minimum Gasteiger partial charge on any atom is -0.465 e. The number of nitrogens with one attached hydrogen (secondary N) is 1. The summed E-state index contributed by atoms with van der Waals surface area (Å²) in [6.45, 7) is 2.18. The Morgan fingerprint density at radius 1 is 1.62 bits per heavy atom. The van der Waals surface area contributed by atoms with Gasteiger partial charge in [0.1, 0.15) is 12.2 Å². The van der Waals surface area contributed by atoms with Crippen LogP contribution in [0.15, 0.2) is 0 Å². The Balaban J connectivity index is 1.95. The van der Waals surface area contributed by atoms with Crippen LogP contribution in [0.5, 0.6) is 0 Å². The molecular formula is C9H14FNO2. The van der Waals surface area contributed by atoms with Gasteiger partial charge in [0.2, 0.25) is 0 Å². The molecule has 0 aromatic rings. The smallest absolute Gasteiger partial charge is 0.323 e. The van der Waals surface area contributed by atoms with Gasteiger partial charge >= 0.3 is 5.97 Å². The van der Waals surface area contributed by atoms with E-state index in [1.807, 2.05) is 0 Å². The minimum absolute atomic E-state index is 0.112. The van der Waals surface area contributed by atoms with E-state index in [2.05, 4.69) is 5.32 Å². The lowest BCUT2D eigenvalue weighted by Crippen LogP contribution is -2.46. The van der Waals surface area contributed by atoms with Gasteiger partial charge in [-0.2, -0.15) is 0 Å². The molecule has 1 aliphatic carbocycles. The molecule has 1 saturated carbocycles. The van der Waals surface area contributed by atoms with Crippen molar-refractivity contribution in [3.8, 4) is 0 Å². The molecule has 74 valence electrons. The van der Waals surface area contributed by atoms with Crippen molar-refractivity contribution in [1.29, 1.82) is 0 Å². The summed E-state index contributed by atoms with van der Waals surface area (Å²) in [4.78, 5) is 11.3. The fraction of sp³-hybridized carbons (Fsp3) is 0.889. The zero-order valence-electron chi connectivity index (χ0n) is 7.63. The molecule has 1 N–H and O–H groups in total. The van der Waals surface area contributed by atoms with Crippen molar-refractivity contribution in [3.05, 3.63) is 0 Å². The first-order chi connectivity index (χ1) is 6.22. The molecular weight excluding hydrogens is 173 g/mol. The molecule has 0 spiro atoms. The summed E-state index contributed by atoms with van der Waals surface area (Å²) in [7, 11) is 0. The summed E-state index contributed by atoms with van der Waals surface area (Å²) in [6.07, 6.45) is 0.530. The molecule has 3 nitrogen and oxygen atoms in total. The molecule has 2 fully saturated rings. The molecule has 0 aromatic carbocycles. The topological polar surface area (TPSA) is 38.3 Å². The maximum Gasteiger partial charge on any atom is 0.323 e. The minimum atomic E-state index is -0.768. The van der Waals surface area contributed by atoms with Crippen LogP contribution in [0.3, 0.4) is 0 Å². The molecule has 4 unspecified atom stereocenters. The van der Waals surface area contributed by atoms with Gasteiger partial charge in [-0.3, -0.25) is 10.1 Å². The second kappa shape index (κ2) is 3.25. The van der Waals surface area contributed by atoms with Crippen molar-refractivity contribution in [2.24, 2.45) is 5.92 Å². The quantitative estimate of drug-likeness (QED) is 0.645. The molecule has 1 aliphatic heterocycles. The number of hydrogen-bond acceptors (Lipinski definition) is 3. The number of hydrogen-bond donors (Lipinski definition) is 1. The highest BCUT2D eigenvalue weighted by atomic mass is 19.1. The summed E-state index contributed by atoms with van der Waals surface area (Å²) < 4.78 is 17.9. The van der Waals surface area contributed by atoms with E-state index in [4.69, 9.17) is 4.74 Å². The fourth-order valence-electron chi connectivity index (χ4n) is 2.33. The van der Waals surface area contributed by atoms with Crippen molar-refractivity contribution in [3.63, 3.8) is 0 Å². The van der Waals surface area contributed by atoms with Crippen molar-refractivity contribution in [1.82, 2.24) is 5.32 Å². The van der Waals surface area contributed by atoms with Gasteiger partial charge in [-0.25, -0.2) is 4.39 Å². The molecule has 2 bridgehead atoms. The number of piperidine rings is 1. The molecule has 0 amide bonds. The Hall–Kier alpha value is -0.640. The van der Waals surface area contributed by atoms with E-state index in [1.165, 1.54) is 0 Å². The first kappa shape index (κ1) is 8.94. The second-order valence-corrected chi connectivity index (χ2v) is 3.75. The summed E-state index contributed by atoms with van der Waals surface area (Å²) in [6, 6.07) is -0.364. The van der Waals surface area contributed by atoms with E-state index < -0.39 is 6.17 Å². The van der Waals surface area contributed by atoms with Gasteiger partial charge < -0.3 is 4.74 Å². The first-order valence-electron chi connectivity index (χ1n) is 4.79. The number of carbonyl (C=O) groups is 1. The number of fused-ring (bicyclic) bond motifs is 2. The number of alkyl halides is 1. The maximum atomic E-state index is 13.0. The van der Waals surface area contributed by atoms with Crippen LogP contribution in [0.4, 0.5) is 4.39 Å². The molecule has 13 heavy (non-hydrogen) atoms. The Labute approximate surface area is 76.6 Å². The van der Waals surface area contributed by atoms with Gasteiger partial charge in [-0.15, -0.1) is 0 Å². The van der Waals surface area contributed by atoms with Gasteiger partial charge in [0, 0.05) is 6.04 Å². The molecule has 2 rings (SSSR count). The number of carbonyl (C=O) groups excluding carboxylic acids is 1. The second-order valence-electron chi connectivity index (χ2n) is 3.75. The third-order valence-corrected chi connectivity index (χ3v) is 2.93. The van der Waals surface area contributed by atoms with Gasteiger partial charge in [-0.05, 0) is 25.7 Å². The van der Waals surface area contributed by atoms with Gasteiger partial charge in [-0.1, -0.05) is 0 Å². The summed E-state index contributed by atoms with van der Waals surface area (Å²) in [5, 5.41) is 2.98. The summed E-state index contributed by atoms with van der Waals surface area (Å²) >= 11 is 0. The average molecular weight is 187 g/mol. The zero-order chi connectivity index (χ0) is 9.42. The first-order valence-corrected chi connectivity index (χ1v) is 4.79. The van der Waals surface area contributed by atoms with Crippen LogP contribution in [-0.4, -0.2) is 30.8 Å². The van der Waals surface area contributed by atoms with Crippen molar-refractivity contribution in [2.45, 2.75) is 38.0 Å². The van der Waals surface area contributed by atoms with Crippen LogP contribution in [0.2, 0.25) is 0 Å². The van der Waals surface area contributed by atoms with Crippen LogP contribution in [0.1, 0.15) is 19.8 Å². The summed E-state index contributed by atoms with van der Waals surface area (Å²) in [5.74, 6) is -0.0686. The average Bonchev–Trinajstić information content (AvgIpc) is 2.62. The monoisotopic (exact) mass is 187 g/mol. The van der Waals surface area contributed by atoms with Crippen molar-refractivity contribution in [2.75, 3.05) is 6.61 Å². The summed E-state index contributed by atoms with van der Waals surface area (Å²) in [5.41, 5.74) is 0. The lowest BCUT2D eigenvalue weighted by molar-refractivity contribution is -0.147. The third-order valence-electron chi connectivity index (χ3n) is 2.93. The molecule has 2 aliphatic rings. The van der Waals surface area contributed by atoms with Crippen LogP contribution >= 0.6 is 0 Å². The van der Waals surface area contributed by atoms with Crippen LogP contribution in [0, 0.1) is 5.92 Å². The highest BCUT2D eigenvalue weighted by Gasteiger charge is 2.49. The molecule has 4 heteroatoms. The van der Waals surface area contributed by atoms with Gasteiger partial charge in [0.15, 0.2) is 0 Å². The lowest BCUT2D eigenvalue weighted by atomic mass is 10.00. The fourth-order valence-corrected chi connectivity index (χ4v) is 2.33. The SMILES string of the molecule is CCOC(=O)C1NC2CC1CC2F. The lowest BCUT2D eigenvalue weighted by Gasteiger charge is -2.23. The Kier molecular flexibility index (Phi) is 2.24. The predicted octanol–water partition coefficient (Wildman–Crippen LogP) is 0.638.